The van der Waals surface area contributed by atoms with Crippen LogP contribution in [-0.4, -0.2) is 93.6 Å². The van der Waals surface area contributed by atoms with Gasteiger partial charge in [-0.05, 0) is 18.2 Å². The maximum absolute atomic E-state index is 12.4. The van der Waals surface area contributed by atoms with Gasteiger partial charge >= 0.3 is 5.97 Å². The number of aliphatic hydroxyl groups excluding tert-OH is 3. The van der Waals surface area contributed by atoms with Crippen molar-refractivity contribution in [1.29, 1.82) is 0 Å². The molecule has 2 aromatic rings. The molecule has 0 saturated heterocycles. The molecule has 2 aliphatic heterocycles. The Morgan fingerprint density at radius 1 is 1.15 bits per heavy atom. The van der Waals surface area contributed by atoms with E-state index in [0.717, 1.165) is 0 Å². The number of phenols is 1. The molecular formula is C25H32N8O7. The summed E-state index contributed by atoms with van der Waals surface area (Å²) in [5.41, 5.74) is 8.24. The number of hydrogen-bond donors (Lipinski definition) is 11. The lowest BCUT2D eigenvalue weighted by atomic mass is 10.0. The maximum Gasteiger partial charge on any atom is 0.322 e. The molecule has 0 fully saturated rings. The molecule has 4 unspecified atom stereocenters. The second-order valence-electron chi connectivity index (χ2n) is 9.28. The van der Waals surface area contributed by atoms with Crippen molar-refractivity contribution in [2.24, 2.45) is 15.7 Å². The van der Waals surface area contributed by atoms with Crippen LogP contribution in [0, 0.1) is 0 Å². The second kappa shape index (κ2) is 12.8. The van der Waals surface area contributed by atoms with Crippen LogP contribution in [0.2, 0.25) is 0 Å². The summed E-state index contributed by atoms with van der Waals surface area (Å²) in [6.45, 7) is -0.228. The van der Waals surface area contributed by atoms with Crippen LogP contribution < -0.4 is 32.3 Å². The molecule has 15 nitrogen and oxygen atoms in total. The predicted octanol–water partition coefficient (Wildman–Crippen LogP) is -2.03. The van der Waals surface area contributed by atoms with Crippen LogP contribution in [0.25, 0.3) is 0 Å². The summed E-state index contributed by atoms with van der Waals surface area (Å²) in [6.07, 6.45) is -3.40. The first-order chi connectivity index (χ1) is 19.1. The van der Waals surface area contributed by atoms with Gasteiger partial charge in [-0.1, -0.05) is 18.2 Å². The Kier molecular flexibility index (Phi) is 9.26. The van der Waals surface area contributed by atoms with E-state index in [1.807, 2.05) is 0 Å². The smallest absolute Gasteiger partial charge is 0.322 e. The van der Waals surface area contributed by atoms with Crippen LogP contribution in [0.4, 0.5) is 11.4 Å². The van der Waals surface area contributed by atoms with Gasteiger partial charge in [-0.25, -0.2) is 0 Å². The zero-order valence-electron chi connectivity index (χ0n) is 21.3. The number of benzene rings is 2. The van der Waals surface area contributed by atoms with Gasteiger partial charge in [0.15, 0.2) is 5.96 Å². The fourth-order valence-corrected chi connectivity index (χ4v) is 4.15. The van der Waals surface area contributed by atoms with Gasteiger partial charge in [0, 0.05) is 36.0 Å². The van der Waals surface area contributed by atoms with E-state index in [-0.39, 0.29) is 36.7 Å². The molecule has 0 radical (unpaired) electrons. The van der Waals surface area contributed by atoms with E-state index >= 15 is 0 Å². The summed E-state index contributed by atoms with van der Waals surface area (Å²) < 4.78 is 0. The van der Waals surface area contributed by atoms with Crippen LogP contribution in [-0.2, 0) is 9.59 Å². The van der Waals surface area contributed by atoms with Crippen molar-refractivity contribution in [3.05, 3.63) is 53.6 Å². The van der Waals surface area contributed by atoms with Crippen LogP contribution >= 0.6 is 0 Å². The minimum Gasteiger partial charge on any atom is -0.508 e. The molecule has 4 rings (SSSR count). The highest BCUT2D eigenvalue weighted by Gasteiger charge is 2.31. The van der Waals surface area contributed by atoms with Crippen LogP contribution in [0.15, 0.2) is 52.4 Å². The lowest BCUT2D eigenvalue weighted by Crippen LogP contribution is -2.54. The molecule has 2 aromatic carbocycles. The van der Waals surface area contributed by atoms with Gasteiger partial charge in [0.25, 0.3) is 0 Å². The van der Waals surface area contributed by atoms with Gasteiger partial charge in [0.2, 0.25) is 5.91 Å². The van der Waals surface area contributed by atoms with Crippen molar-refractivity contribution in [2.45, 2.75) is 30.6 Å². The van der Waals surface area contributed by atoms with Gasteiger partial charge in [-0.3, -0.25) is 30.2 Å². The number of aliphatic imine (C=N–C) groups is 2. The fourth-order valence-electron chi connectivity index (χ4n) is 4.15. The minimum absolute atomic E-state index is 0.148. The molecule has 2 aliphatic rings. The number of nitrogens with one attached hydrogen (secondary N) is 5. The Balaban J connectivity index is 1.27. The number of β-amino-alcohol motifs (C(OH)–C–C–N with tert-alkyl or cyclic N) is 1. The lowest BCUT2D eigenvalue weighted by molar-refractivity contribution is -0.140. The molecule has 5 atom stereocenters. The highest BCUT2D eigenvalue weighted by Crippen LogP contribution is 2.32. The SMILES string of the molecule is NC1C(C(O)N[C@@H](CNC(=O)CNC(O)c2cc(O)cc(NC3=NCC(O)CN3)c2)C(=O)O)=Nc2ccccc21. The Hall–Kier alpha value is -4.12. The number of nitrogens with two attached hydrogens (primary N) is 1. The number of aliphatic hydroxyl groups is 3. The molecule has 2 heterocycles. The van der Waals surface area contributed by atoms with Gasteiger partial charge in [0.05, 0.1) is 36.6 Å². The summed E-state index contributed by atoms with van der Waals surface area (Å²) in [7, 11) is 0. The number of amides is 1. The molecule has 214 valence electrons. The standard InChI is InChI=1S/C25H32N8O7/c26-20-16-3-1-2-4-17(16)32-21(20)23(38)33-18(24(39)40)10-27-19(36)11-28-22(37)12-5-13(7-14(34)6-12)31-25-29-8-15(35)9-30-25/h1-7,15,18,20,22-23,28,33-35,37-38H,8-11,26H2,(H,27,36)(H,39,40)(H2,29,30,31)/t18-,20?,22?,23?/m0/s1. The number of aliphatic carboxylic acids is 1. The number of nitrogens with zero attached hydrogens (tertiary/aromatic N) is 2. The van der Waals surface area contributed by atoms with E-state index < -0.39 is 42.5 Å². The van der Waals surface area contributed by atoms with Crippen molar-refractivity contribution in [1.82, 2.24) is 21.3 Å². The second-order valence-corrected chi connectivity index (χ2v) is 9.28. The fraction of sp³-hybridized carbons (Fsp3) is 0.360. The molecule has 0 bridgehead atoms. The number of para-hydroxylation sites is 1. The highest BCUT2D eigenvalue weighted by atomic mass is 16.4. The molecular weight excluding hydrogens is 524 g/mol. The summed E-state index contributed by atoms with van der Waals surface area (Å²) in [5, 5.41) is 63.5. The quantitative estimate of drug-likeness (QED) is 0.134. The number of rotatable bonds is 11. The first-order valence-corrected chi connectivity index (χ1v) is 12.5. The Morgan fingerprint density at radius 3 is 2.62 bits per heavy atom. The van der Waals surface area contributed by atoms with Gasteiger partial charge in [-0.15, -0.1) is 0 Å². The number of aromatic hydroxyl groups is 1. The first-order valence-electron chi connectivity index (χ1n) is 12.5. The number of fused-ring (bicyclic) bond motifs is 1. The first kappa shape index (κ1) is 28.9. The van der Waals surface area contributed by atoms with E-state index in [9.17, 15) is 35.1 Å². The van der Waals surface area contributed by atoms with Gasteiger partial charge in [0.1, 0.15) is 24.2 Å². The number of carbonyl (C=O) groups is 2. The minimum atomic E-state index is -1.46. The summed E-state index contributed by atoms with van der Waals surface area (Å²) in [5.74, 6) is -1.70. The number of guanidine groups is 1. The van der Waals surface area contributed by atoms with E-state index in [1.165, 1.54) is 18.2 Å². The maximum atomic E-state index is 12.4. The van der Waals surface area contributed by atoms with E-state index in [2.05, 4.69) is 36.6 Å². The van der Waals surface area contributed by atoms with Crippen molar-refractivity contribution >= 4 is 34.9 Å². The highest BCUT2D eigenvalue weighted by molar-refractivity contribution is 6.00. The normalized spacial score (nSPS) is 20.3. The molecule has 15 heteroatoms. The Labute approximate surface area is 228 Å². The predicted molar refractivity (Wildman–Crippen MR) is 145 cm³/mol. The number of hydrogen-bond acceptors (Lipinski definition) is 13. The molecule has 1 amide bonds. The zero-order valence-corrected chi connectivity index (χ0v) is 21.3. The number of carboxylic acid groups (broad SMARTS) is 1. The third-order valence-corrected chi connectivity index (χ3v) is 6.22. The van der Waals surface area contributed by atoms with E-state index in [4.69, 9.17) is 5.73 Å². The number of anilines is 1. The topological polar surface area (TPSA) is 246 Å². The summed E-state index contributed by atoms with van der Waals surface area (Å²) in [4.78, 5) is 32.5. The van der Waals surface area contributed by atoms with Crippen molar-refractivity contribution < 1.29 is 35.1 Å². The number of phenolic OH excluding ortho intramolecular Hbond substituents is 1. The monoisotopic (exact) mass is 556 g/mol. The van der Waals surface area contributed by atoms with Crippen molar-refractivity contribution in [2.75, 3.05) is 31.5 Å². The lowest BCUT2D eigenvalue weighted by Gasteiger charge is -2.22. The van der Waals surface area contributed by atoms with Crippen LogP contribution in [0.5, 0.6) is 5.75 Å². The number of carbonyl (C=O) groups excluding carboxylic acids is 1. The molecule has 0 saturated carbocycles. The van der Waals surface area contributed by atoms with Crippen LogP contribution in [0.1, 0.15) is 23.4 Å². The third-order valence-electron chi connectivity index (χ3n) is 6.22. The Morgan fingerprint density at radius 2 is 1.93 bits per heavy atom. The molecule has 0 aromatic heterocycles. The van der Waals surface area contributed by atoms with E-state index in [1.54, 1.807) is 24.3 Å². The molecule has 12 N–H and O–H groups in total. The Bertz CT molecular complexity index is 1300. The van der Waals surface area contributed by atoms with Gasteiger partial charge < -0.3 is 47.2 Å². The van der Waals surface area contributed by atoms with Crippen molar-refractivity contribution in [3.8, 4) is 5.75 Å². The van der Waals surface area contributed by atoms with Crippen molar-refractivity contribution in [3.63, 3.8) is 0 Å². The zero-order chi connectivity index (χ0) is 28.8. The molecule has 0 aliphatic carbocycles. The third kappa shape index (κ3) is 7.29. The largest absolute Gasteiger partial charge is 0.508 e. The average molecular weight is 557 g/mol. The summed E-state index contributed by atoms with van der Waals surface area (Å²) in [6, 6.07) is 9.23. The molecule has 0 spiro atoms. The number of carboxylic acids is 1. The van der Waals surface area contributed by atoms with E-state index in [0.29, 0.717) is 29.4 Å². The molecule has 40 heavy (non-hydrogen) atoms. The summed E-state index contributed by atoms with van der Waals surface area (Å²) >= 11 is 0. The van der Waals surface area contributed by atoms with Crippen LogP contribution in [0.3, 0.4) is 0 Å². The average Bonchev–Trinajstić information content (AvgIpc) is 3.27. The van der Waals surface area contributed by atoms with Gasteiger partial charge in [-0.2, -0.15) is 0 Å².